The molecule has 0 saturated heterocycles. The predicted molar refractivity (Wildman–Crippen MR) is 117 cm³/mol. The monoisotopic (exact) mass is 396 g/mol. The van der Waals surface area contributed by atoms with Crippen LogP contribution < -0.4 is 21.3 Å². The number of amides is 3. The molecule has 154 valence electrons. The first kappa shape index (κ1) is 21.9. The molecular weight excluding hydrogens is 368 g/mol. The van der Waals surface area contributed by atoms with E-state index < -0.39 is 0 Å². The third-order valence-electron chi connectivity index (χ3n) is 3.99. The van der Waals surface area contributed by atoms with Gasteiger partial charge in [0, 0.05) is 35.6 Å². The lowest BCUT2D eigenvalue weighted by Gasteiger charge is -2.10. The Bertz CT molecular complexity index is 830. The molecule has 0 aromatic heterocycles. The first-order valence-corrected chi connectivity index (χ1v) is 9.69. The highest BCUT2D eigenvalue weighted by Gasteiger charge is 2.06. The Balaban J connectivity index is 1.78. The molecule has 2 aromatic carbocycles. The molecule has 0 radical (unpaired) electrons. The van der Waals surface area contributed by atoms with Gasteiger partial charge in [-0.2, -0.15) is 0 Å². The lowest BCUT2D eigenvalue weighted by molar-refractivity contribution is -0.117. The van der Waals surface area contributed by atoms with Crippen LogP contribution in [0.1, 0.15) is 33.6 Å². The van der Waals surface area contributed by atoms with E-state index in [2.05, 4.69) is 21.3 Å². The highest BCUT2D eigenvalue weighted by Crippen LogP contribution is 2.16. The summed E-state index contributed by atoms with van der Waals surface area (Å²) in [5.74, 6) is 0.0438. The molecule has 7 nitrogen and oxygen atoms in total. The summed E-state index contributed by atoms with van der Waals surface area (Å²) >= 11 is 0. The summed E-state index contributed by atoms with van der Waals surface area (Å²) in [6.07, 6.45) is 0.890. The highest BCUT2D eigenvalue weighted by molar-refractivity contribution is 5.95. The smallest absolute Gasteiger partial charge is 0.243 e. The fourth-order valence-electron chi connectivity index (χ4n) is 2.53. The van der Waals surface area contributed by atoms with Crippen molar-refractivity contribution in [2.45, 2.75) is 33.6 Å². The third kappa shape index (κ3) is 8.04. The normalized spacial score (nSPS) is 10.3. The van der Waals surface area contributed by atoms with E-state index in [1.807, 2.05) is 26.0 Å². The molecule has 0 unspecified atom stereocenters. The number of carbonyl (C=O) groups excluding carboxylic acids is 3. The summed E-state index contributed by atoms with van der Waals surface area (Å²) in [5, 5.41) is 11.4. The minimum absolute atomic E-state index is 0.0136. The van der Waals surface area contributed by atoms with Crippen LogP contribution in [-0.4, -0.2) is 24.3 Å². The Morgan fingerprint density at radius 3 is 1.55 bits per heavy atom. The summed E-state index contributed by atoms with van der Waals surface area (Å²) in [6, 6.07) is 14.2. The summed E-state index contributed by atoms with van der Waals surface area (Å²) in [6.45, 7) is 5.88. The molecule has 0 aliphatic rings. The van der Waals surface area contributed by atoms with Gasteiger partial charge in [0.05, 0.1) is 6.54 Å². The molecule has 0 aliphatic carbocycles. The Labute approximate surface area is 171 Å². The zero-order valence-corrected chi connectivity index (χ0v) is 17.0. The van der Waals surface area contributed by atoms with E-state index in [9.17, 15) is 14.4 Å². The molecule has 29 heavy (non-hydrogen) atoms. The highest BCUT2D eigenvalue weighted by atomic mass is 16.2. The molecule has 0 atom stereocenters. The van der Waals surface area contributed by atoms with Crippen molar-refractivity contribution in [3.05, 3.63) is 48.5 Å². The standard InChI is InChI=1S/C22H28N4O3/c1-4-20(27)24-17-9-11-19(12-10-17)26-22(29)14-23-16-5-7-18(8-6-16)25-21(28)13-15(2)3/h5-12,15,23H,4,13-14H2,1-3H3,(H,24,27)(H,25,28)(H,26,29). The van der Waals surface area contributed by atoms with Crippen LogP contribution in [0.15, 0.2) is 48.5 Å². The fourth-order valence-corrected chi connectivity index (χ4v) is 2.53. The van der Waals surface area contributed by atoms with Crippen LogP contribution in [0.5, 0.6) is 0 Å². The van der Waals surface area contributed by atoms with E-state index in [-0.39, 0.29) is 24.3 Å². The van der Waals surface area contributed by atoms with Gasteiger partial charge < -0.3 is 21.3 Å². The number of rotatable bonds is 9. The maximum absolute atomic E-state index is 12.1. The summed E-state index contributed by atoms with van der Waals surface area (Å²) in [7, 11) is 0. The number of nitrogens with one attached hydrogen (secondary N) is 4. The lowest BCUT2D eigenvalue weighted by atomic mass is 10.1. The van der Waals surface area contributed by atoms with Gasteiger partial charge in [0.25, 0.3) is 0 Å². The molecule has 0 saturated carbocycles. The van der Waals surface area contributed by atoms with Crippen molar-refractivity contribution < 1.29 is 14.4 Å². The van der Waals surface area contributed by atoms with Crippen molar-refractivity contribution in [3.63, 3.8) is 0 Å². The summed E-state index contributed by atoms with van der Waals surface area (Å²) < 4.78 is 0. The molecule has 7 heteroatoms. The van der Waals surface area contributed by atoms with E-state index in [0.29, 0.717) is 30.1 Å². The molecular formula is C22H28N4O3. The van der Waals surface area contributed by atoms with E-state index in [0.717, 1.165) is 11.4 Å². The van der Waals surface area contributed by atoms with Gasteiger partial charge in [-0.15, -0.1) is 0 Å². The quantitative estimate of drug-likeness (QED) is 0.513. The molecule has 3 amide bonds. The third-order valence-corrected chi connectivity index (χ3v) is 3.99. The van der Waals surface area contributed by atoms with Crippen LogP contribution in [0, 0.1) is 5.92 Å². The Hall–Kier alpha value is -3.35. The number of benzene rings is 2. The first-order chi connectivity index (χ1) is 13.9. The van der Waals surface area contributed by atoms with Crippen molar-refractivity contribution in [1.29, 1.82) is 0 Å². The topological polar surface area (TPSA) is 99.3 Å². The molecule has 0 aliphatic heterocycles. The number of hydrogen-bond donors (Lipinski definition) is 4. The van der Waals surface area contributed by atoms with Gasteiger partial charge in [0.1, 0.15) is 0 Å². The van der Waals surface area contributed by atoms with Crippen molar-refractivity contribution in [3.8, 4) is 0 Å². The first-order valence-electron chi connectivity index (χ1n) is 9.69. The predicted octanol–water partition coefficient (Wildman–Crippen LogP) is 4.07. The van der Waals surface area contributed by atoms with E-state index in [1.54, 1.807) is 43.3 Å². The second-order valence-corrected chi connectivity index (χ2v) is 7.10. The average molecular weight is 396 g/mol. The van der Waals surface area contributed by atoms with Crippen molar-refractivity contribution >= 4 is 40.5 Å². The van der Waals surface area contributed by atoms with Crippen molar-refractivity contribution in [2.75, 3.05) is 27.8 Å². The number of anilines is 4. The fraction of sp³-hybridized carbons (Fsp3) is 0.318. The lowest BCUT2D eigenvalue weighted by Crippen LogP contribution is -2.21. The van der Waals surface area contributed by atoms with Crippen LogP contribution in [-0.2, 0) is 14.4 Å². The Kier molecular flexibility index (Phi) is 8.21. The molecule has 4 N–H and O–H groups in total. The molecule has 0 bridgehead atoms. The van der Waals surface area contributed by atoms with Crippen molar-refractivity contribution in [2.24, 2.45) is 5.92 Å². The molecule has 2 rings (SSSR count). The van der Waals surface area contributed by atoms with Crippen LogP contribution in [0.25, 0.3) is 0 Å². The van der Waals surface area contributed by atoms with Gasteiger partial charge in [-0.3, -0.25) is 14.4 Å². The second-order valence-electron chi connectivity index (χ2n) is 7.10. The maximum atomic E-state index is 12.1. The second kappa shape index (κ2) is 10.8. The number of hydrogen-bond acceptors (Lipinski definition) is 4. The van der Waals surface area contributed by atoms with Gasteiger partial charge in [-0.05, 0) is 54.4 Å². The van der Waals surface area contributed by atoms with Gasteiger partial charge in [0.15, 0.2) is 0 Å². The van der Waals surface area contributed by atoms with Gasteiger partial charge in [-0.1, -0.05) is 20.8 Å². The minimum atomic E-state index is -0.190. The molecule has 2 aromatic rings. The van der Waals surface area contributed by atoms with Crippen LogP contribution >= 0.6 is 0 Å². The maximum Gasteiger partial charge on any atom is 0.243 e. The zero-order valence-electron chi connectivity index (χ0n) is 17.0. The Morgan fingerprint density at radius 1 is 0.690 bits per heavy atom. The Morgan fingerprint density at radius 2 is 1.10 bits per heavy atom. The molecule has 0 fully saturated rings. The molecule has 0 spiro atoms. The SMILES string of the molecule is CCC(=O)Nc1ccc(NC(=O)CNc2ccc(NC(=O)CC(C)C)cc2)cc1. The zero-order chi connectivity index (χ0) is 21.2. The van der Waals surface area contributed by atoms with Crippen LogP contribution in [0.2, 0.25) is 0 Å². The summed E-state index contributed by atoms with van der Waals surface area (Å²) in [5.41, 5.74) is 2.84. The molecule has 0 heterocycles. The van der Waals surface area contributed by atoms with Gasteiger partial charge in [-0.25, -0.2) is 0 Å². The van der Waals surface area contributed by atoms with E-state index in [1.165, 1.54) is 0 Å². The minimum Gasteiger partial charge on any atom is -0.376 e. The van der Waals surface area contributed by atoms with Crippen LogP contribution in [0.3, 0.4) is 0 Å². The van der Waals surface area contributed by atoms with Crippen molar-refractivity contribution in [1.82, 2.24) is 0 Å². The summed E-state index contributed by atoms with van der Waals surface area (Å²) in [4.78, 5) is 35.3. The van der Waals surface area contributed by atoms with E-state index >= 15 is 0 Å². The number of carbonyl (C=O) groups is 3. The van der Waals surface area contributed by atoms with E-state index in [4.69, 9.17) is 0 Å². The van der Waals surface area contributed by atoms with Gasteiger partial charge in [0.2, 0.25) is 17.7 Å². The average Bonchev–Trinajstić information content (AvgIpc) is 2.68. The van der Waals surface area contributed by atoms with Gasteiger partial charge >= 0.3 is 0 Å². The largest absolute Gasteiger partial charge is 0.376 e. The van der Waals surface area contributed by atoms with Crippen LogP contribution in [0.4, 0.5) is 22.7 Å².